The Hall–Kier alpha value is -3.03. The lowest BCUT2D eigenvalue weighted by molar-refractivity contribution is -0.120. The van der Waals surface area contributed by atoms with E-state index in [1.54, 1.807) is 25.1 Å². The molecule has 8 heteroatoms. The topological polar surface area (TPSA) is 103 Å². The van der Waals surface area contributed by atoms with Crippen LogP contribution < -0.4 is 20.1 Å². The first-order chi connectivity index (χ1) is 12.4. The lowest BCUT2D eigenvalue weighted by Gasteiger charge is -2.10. The fourth-order valence-electron chi connectivity index (χ4n) is 2.43. The van der Waals surface area contributed by atoms with Crippen molar-refractivity contribution in [3.63, 3.8) is 0 Å². The van der Waals surface area contributed by atoms with Crippen LogP contribution in [0.4, 0.5) is 0 Å². The summed E-state index contributed by atoms with van der Waals surface area (Å²) in [7, 11) is 3.01. The first-order valence-electron chi connectivity index (χ1n) is 8.14. The number of aryl methyl sites for hydroxylation is 2. The fraction of sp³-hybridized carbons (Fsp3) is 0.389. The molecule has 2 amide bonds. The van der Waals surface area contributed by atoms with Gasteiger partial charge in [-0.1, -0.05) is 0 Å². The van der Waals surface area contributed by atoms with E-state index < -0.39 is 0 Å². The molecule has 0 bridgehead atoms. The second-order valence-electron chi connectivity index (χ2n) is 5.59. The highest BCUT2D eigenvalue weighted by molar-refractivity contribution is 5.97. The number of amides is 2. The average Bonchev–Trinajstić information content (AvgIpc) is 2.96. The molecular formula is C18H23N3O5. The van der Waals surface area contributed by atoms with Gasteiger partial charge in [0, 0.05) is 25.5 Å². The molecule has 26 heavy (non-hydrogen) atoms. The maximum Gasteiger partial charge on any atom is 0.251 e. The van der Waals surface area contributed by atoms with Gasteiger partial charge in [-0.25, -0.2) is 4.98 Å². The zero-order valence-electron chi connectivity index (χ0n) is 15.3. The summed E-state index contributed by atoms with van der Waals surface area (Å²) in [6, 6.07) is 4.79. The summed E-state index contributed by atoms with van der Waals surface area (Å²) >= 11 is 0. The first kappa shape index (κ1) is 19.3. The molecule has 8 nitrogen and oxygen atoms in total. The van der Waals surface area contributed by atoms with Gasteiger partial charge in [-0.3, -0.25) is 9.59 Å². The van der Waals surface area contributed by atoms with Crippen molar-refractivity contribution in [1.82, 2.24) is 15.6 Å². The molecular weight excluding hydrogens is 338 g/mol. The van der Waals surface area contributed by atoms with E-state index in [4.69, 9.17) is 13.9 Å². The van der Waals surface area contributed by atoms with Gasteiger partial charge in [0.15, 0.2) is 17.4 Å². The zero-order chi connectivity index (χ0) is 19.1. The zero-order valence-corrected chi connectivity index (χ0v) is 15.3. The van der Waals surface area contributed by atoms with Crippen molar-refractivity contribution >= 4 is 11.8 Å². The molecule has 140 valence electrons. The Balaban J connectivity index is 1.79. The summed E-state index contributed by atoms with van der Waals surface area (Å²) in [4.78, 5) is 28.3. The van der Waals surface area contributed by atoms with Gasteiger partial charge in [-0.05, 0) is 25.1 Å². The summed E-state index contributed by atoms with van der Waals surface area (Å²) in [5, 5.41) is 5.31. The Morgan fingerprint density at radius 1 is 1.12 bits per heavy atom. The summed E-state index contributed by atoms with van der Waals surface area (Å²) in [6.45, 7) is 3.90. The van der Waals surface area contributed by atoms with E-state index in [1.165, 1.54) is 14.2 Å². The van der Waals surface area contributed by atoms with Crippen LogP contribution in [0.15, 0.2) is 22.6 Å². The highest BCUT2D eigenvalue weighted by atomic mass is 16.5. The van der Waals surface area contributed by atoms with Gasteiger partial charge in [0.2, 0.25) is 5.91 Å². The minimum Gasteiger partial charge on any atom is -0.493 e. The normalized spacial score (nSPS) is 10.3. The van der Waals surface area contributed by atoms with Crippen molar-refractivity contribution in [2.45, 2.75) is 20.3 Å². The third-order valence-electron chi connectivity index (χ3n) is 3.74. The van der Waals surface area contributed by atoms with E-state index in [9.17, 15) is 9.59 Å². The number of rotatable bonds is 8. The molecule has 1 aromatic carbocycles. The van der Waals surface area contributed by atoms with Crippen LogP contribution in [0.25, 0.3) is 0 Å². The maximum absolute atomic E-state index is 12.1. The summed E-state index contributed by atoms with van der Waals surface area (Å²) in [5.41, 5.74) is 1.20. The van der Waals surface area contributed by atoms with Crippen molar-refractivity contribution in [3.8, 4) is 11.5 Å². The predicted octanol–water partition coefficient (Wildman–Crippen LogP) is 1.40. The monoisotopic (exact) mass is 361 g/mol. The van der Waals surface area contributed by atoms with E-state index in [0.717, 1.165) is 11.5 Å². The van der Waals surface area contributed by atoms with Crippen LogP contribution >= 0.6 is 0 Å². The van der Waals surface area contributed by atoms with Crippen LogP contribution in [-0.2, 0) is 11.2 Å². The summed E-state index contributed by atoms with van der Waals surface area (Å²) < 4.78 is 15.6. The van der Waals surface area contributed by atoms with E-state index >= 15 is 0 Å². The van der Waals surface area contributed by atoms with Gasteiger partial charge in [0.1, 0.15) is 5.76 Å². The van der Waals surface area contributed by atoms with Gasteiger partial charge in [-0.15, -0.1) is 0 Å². The molecule has 2 aromatic rings. The largest absolute Gasteiger partial charge is 0.493 e. The summed E-state index contributed by atoms with van der Waals surface area (Å²) in [5.74, 6) is 1.67. The molecule has 0 spiro atoms. The van der Waals surface area contributed by atoms with Crippen molar-refractivity contribution in [2.75, 3.05) is 27.3 Å². The van der Waals surface area contributed by atoms with Crippen LogP contribution in [-0.4, -0.2) is 44.1 Å². The van der Waals surface area contributed by atoms with Crippen molar-refractivity contribution in [1.29, 1.82) is 0 Å². The van der Waals surface area contributed by atoms with Crippen LogP contribution in [0.5, 0.6) is 11.5 Å². The Morgan fingerprint density at radius 2 is 1.85 bits per heavy atom. The Bertz CT molecular complexity index is 785. The van der Waals surface area contributed by atoms with E-state index in [0.29, 0.717) is 35.9 Å². The van der Waals surface area contributed by atoms with E-state index in [1.807, 2.05) is 6.92 Å². The number of carbonyl (C=O) groups excluding carboxylic acids is 2. The number of oxazole rings is 1. The molecule has 0 aliphatic carbocycles. The lowest BCUT2D eigenvalue weighted by atomic mass is 10.2. The van der Waals surface area contributed by atoms with Gasteiger partial charge in [-0.2, -0.15) is 0 Å². The molecule has 2 rings (SSSR count). The molecule has 0 radical (unpaired) electrons. The van der Waals surface area contributed by atoms with Gasteiger partial charge >= 0.3 is 0 Å². The minimum absolute atomic E-state index is 0.121. The molecule has 1 aromatic heterocycles. The minimum atomic E-state index is -0.371. The number of nitrogens with zero attached hydrogens (tertiary/aromatic N) is 1. The van der Waals surface area contributed by atoms with Gasteiger partial charge in [0.05, 0.1) is 26.5 Å². The number of hydrogen-bond acceptors (Lipinski definition) is 6. The van der Waals surface area contributed by atoms with Gasteiger partial charge in [0.25, 0.3) is 5.91 Å². The summed E-state index contributed by atoms with van der Waals surface area (Å²) in [6.07, 6.45) is 0.568. The third kappa shape index (κ3) is 4.98. The third-order valence-corrected chi connectivity index (χ3v) is 3.74. The number of methoxy groups -OCH3 is 2. The standard InChI is InChI=1S/C18H23N3O5/c1-11-14(21-12(2)26-11)7-8-19-17(22)10-20-18(23)13-5-6-15(24-3)16(9-13)25-4/h5-6,9H,7-8,10H2,1-4H3,(H,19,22)(H,20,23). The molecule has 2 N–H and O–H groups in total. The second-order valence-corrected chi connectivity index (χ2v) is 5.59. The van der Waals surface area contributed by atoms with Crippen molar-refractivity contribution in [2.24, 2.45) is 0 Å². The molecule has 0 fully saturated rings. The van der Waals surface area contributed by atoms with Crippen LogP contribution in [0.3, 0.4) is 0 Å². The number of hydrogen-bond donors (Lipinski definition) is 2. The first-order valence-corrected chi connectivity index (χ1v) is 8.14. The molecule has 0 saturated heterocycles. The Kier molecular flexibility index (Phi) is 6.60. The molecule has 0 aliphatic heterocycles. The van der Waals surface area contributed by atoms with Crippen LogP contribution in [0, 0.1) is 13.8 Å². The molecule has 0 saturated carbocycles. The van der Waals surface area contributed by atoms with Crippen molar-refractivity contribution in [3.05, 3.63) is 41.1 Å². The number of benzene rings is 1. The quantitative estimate of drug-likeness (QED) is 0.737. The highest BCUT2D eigenvalue weighted by Crippen LogP contribution is 2.27. The van der Waals surface area contributed by atoms with E-state index in [2.05, 4.69) is 15.6 Å². The maximum atomic E-state index is 12.1. The number of nitrogens with one attached hydrogen (secondary N) is 2. The molecule has 0 atom stereocenters. The van der Waals surface area contributed by atoms with Gasteiger partial charge < -0.3 is 24.5 Å². The predicted molar refractivity (Wildman–Crippen MR) is 94.6 cm³/mol. The number of carbonyl (C=O) groups is 2. The fourth-order valence-corrected chi connectivity index (χ4v) is 2.43. The molecule has 1 heterocycles. The second kappa shape index (κ2) is 8.89. The smallest absolute Gasteiger partial charge is 0.251 e. The van der Waals surface area contributed by atoms with Crippen LogP contribution in [0.1, 0.15) is 27.7 Å². The molecule has 0 unspecified atom stereocenters. The highest BCUT2D eigenvalue weighted by Gasteiger charge is 2.12. The van der Waals surface area contributed by atoms with Crippen molar-refractivity contribution < 1.29 is 23.5 Å². The average molecular weight is 361 g/mol. The molecule has 0 aliphatic rings. The van der Waals surface area contributed by atoms with Crippen LogP contribution in [0.2, 0.25) is 0 Å². The number of aromatic nitrogens is 1. The lowest BCUT2D eigenvalue weighted by Crippen LogP contribution is -2.37. The number of ether oxygens (including phenoxy) is 2. The Morgan fingerprint density at radius 3 is 2.46 bits per heavy atom. The Labute approximate surface area is 151 Å². The SMILES string of the molecule is COc1ccc(C(=O)NCC(=O)NCCc2nc(C)oc2C)cc1OC. The van der Waals surface area contributed by atoms with E-state index in [-0.39, 0.29) is 18.4 Å².